The number of para-hydroxylation sites is 1. The summed E-state index contributed by atoms with van der Waals surface area (Å²) in [5, 5.41) is 0.690. The fourth-order valence-corrected chi connectivity index (χ4v) is 4.54. The highest BCUT2D eigenvalue weighted by Gasteiger charge is 2.30. The molecule has 128 valence electrons. The molecule has 0 amide bonds. The number of esters is 1. The Hall–Kier alpha value is -2.20. The summed E-state index contributed by atoms with van der Waals surface area (Å²) < 4.78 is 9.05. The van der Waals surface area contributed by atoms with Crippen LogP contribution in [0.5, 0.6) is 0 Å². The summed E-state index contributed by atoms with van der Waals surface area (Å²) in [6.07, 6.45) is 5.65. The molecule has 0 unspecified atom stereocenters. The van der Waals surface area contributed by atoms with Gasteiger partial charge >= 0.3 is 11.0 Å². The highest BCUT2D eigenvalue weighted by molar-refractivity contribution is 7.19. The van der Waals surface area contributed by atoms with Crippen molar-refractivity contribution in [2.24, 2.45) is 0 Å². The number of thiazole rings is 1. The lowest BCUT2D eigenvalue weighted by atomic mass is 9.98. The maximum Gasteiger partial charge on any atom is 0.415 e. The normalized spacial score (nSPS) is 15.4. The molecule has 25 heavy (non-hydrogen) atoms. The number of hydrogen-bond acceptors (Lipinski definition) is 3. The second kappa shape index (κ2) is 7.36. The molecule has 3 aromatic rings. The molecule has 0 saturated heterocycles. The van der Waals surface area contributed by atoms with E-state index in [0.29, 0.717) is 11.6 Å². The maximum atomic E-state index is 12.9. The summed E-state index contributed by atoms with van der Waals surface area (Å²) in [6, 6.07) is 18.4. The lowest BCUT2D eigenvalue weighted by Crippen LogP contribution is -2.40. The van der Waals surface area contributed by atoms with Crippen molar-refractivity contribution in [1.82, 2.24) is 0 Å². The highest BCUT2D eigenvalue weighted by atomic mass is 32.1. The largest absolute Gasteiger partial charge is 0.454 e. The van der Waals surface area contributed by atoms with Crippen LogP contribution in [0.1, 0.15) is 47.5 Å². The van der Waals surface area contributed by atoms with Crippen molar-refractivity contribution in [3.8, 4) is 0 Å². The van der Waals surface area contributed by atoms with Gasteiger partial charge in [-0.3, -0.25) is 0 Å². The topological polar surface area (TPSA) is 30.2 Å². The summed E-state index contributed by atoms with van der Waals surface area (Å²) in [5.74, 6) is -0.177. The zero-order valence-electron chi connectivity index (χ0n) is 14.2. The monoisotopic (exact) mass is 352 g/mol. The molecule has 1 aliphatic rings. The van der Waals surface area contributed by atoms with Crippen LogP contribution in [0, 0.1) is 0 Å². The van der Waals surface area contributed by atoms with Crippen molar-refractivity contribution in [3.63, 3.8) is 0 Å². The molecule has 0 spiro atoms. The summed E-state index contributed by atoms with van der Waals surface area (Å²) in [4.78, 5) is 12.9. The van der Waals surface area contributed by atoms with Crippen molar-refractivity contribution in [2.75, 3.05) is 0 Å². The van der Waals surface area contributed by atoms with E-state index in [9.17, 15) is 4.79 Å². The van der Waals surface area contributed by atoms with Gasteiger partial charge in [-0.05, 0) is 31.7 Å². The first-order valence-electron chi connectivity index (χ1n) is 8.97. The first-order chi connectivity index (χ1) is 12.3. The van der Waals surface area contributed by atoms with Gasteiger partial charge in [0.2, 0.25) is 5.52 Å². The first-order valence-corrected chi connectivity index (χ1v) is 9.79. The third kappa shape index (κ3) is 3.59. The number of rotatable bonds is 4. The number of hydrogen-bond donors (Lipinski definition) is 0. The zero-order valence-corrected chi connectivity index (χ0v) is 15.0. The Morgan fingerprint density at radius 1 is 1.00 bits per heavy atom. The third-order valence-electron chi connectivity index (χ3n) is 4.79. The highest BCUT2D eigenvalue weighted by Crippen LogP contribution is 2.25. The predicted octanol–water partition coefficient (Wildman–Crippen LogP) is 4.73. The summed E-state index contributed by atoms with van der Waals surface area (Å²) in [5.41, 5.74) is 2.27. The quantitative estimate of drug-likeness (QED) is 0.502. The van der Waals surface area contributed by atoms with Gasteiger partial charge in [-0.2, -0.15) is 4.57 Å². The summed E-state index contributed by atoms with van der Waals surface area (Å²) in [7, 11) is 0. The lowest BCUT2D eigenvalue weighted by Gasteiger charge is -2.20. The number of fused-ring (bicyclic) bond motifs is 1. The van der Waals surface area contributed by atoms with E-state index in [1.807, 2.05) is 30.3 Å². The van der Waals surface area contributed by atoms with Crippen LogP contribution in [-0.4, -0.2) is 12.1 Å². The van der Waals surface area contributed by atoms with Crippen LogP contribution in [0.4, 0.5) is 0 Å². The van der Waals surface area contributed by atoms with Crippen LogP contribution >= 0.6 is 11.3 Å². The van der Waals surface area contributed by atoms with Gasteiger partial charge in [0.15, 0.2) is 6.54 Å². The van der Waals surface area contributed by atoms with Gasteiger partial charge in [-0.1, -0.05) is 60.2 Å². The molecule has 0 aliphatic heterocycles. The molecular formula is C21H22NO2S+. The van der Waals surface area contributed by atoms with Crippen LogP contribution in [0.25, 0.3) is 10.2 Å². The second-order valence-corrected chi connectivity index (χ2v) is 7.64. The molecule has 1 aliphatic carbocycles. The van der Waals surface area contributed by atoms with E-state index in [-0.39, 0.29) is 12.1 Å². The van der Waals surface area contributed by atoms with Crippen molar-refractivity contribution >= 4 is 27.5 Å². The molecule has 1 fully saturated rings. The Kier molecular flexibility index (Phi) is 4.79. The standard InChI is InChI=1S/C21H22NO2S/c23-21(24-17-11-5-2-6-12-17)20-22(15-16-9-3-1-4-10-16)18-13-7-8-14-19(18)25-20/h1,3-4,7-10,13-14,17H,2,5-6,11-12,15H2/q+1. The maximum absolute atomic E-state index is 12.9. The molecule has 3 nitrogen and oxygen atoms in total. The lowest BCUT2D eigenvalue weighted by molar-refractivity contribution is -0.660. The van der Waals surface area contributed by atoms with E-state index < -0.39 is 0 Å². The van der Waals surface area contributed by atoms with Gasteiger partial charge in [-0.15, -0.1) is 0 Å². The van der Waals surface area contributed by atoms with Crippen LogP contribution < -0.4 is 4.57 Å². The molecule has 1 saturated carbocycles. The van der Waals surface area contributed by atoms with Crippen molar-refractivity contribution < 1.29 is 14.1 Å². The molecule has 0 bridgehead atoms. The van der Waals surface area contributed by atoms with E-state index in [1.165, 1.54) is 23.3 Å². The fourth-order valence-electron chi connectivity index (χ4n) is 3.49. The number of carbonyl (C=O) groups excluding carboxylic acids is 1. The molecule has 4 heteroatoms. The van der Waals surface area contributed by atoms with Gasteiger partial charge in [0.25, 0.3) is 0 Å². The van der Waals surface area contributed by atoms with Crippen molar-refractivity contribution in [2.45, 2.75) is 44.8 Å². The first kappa shape index (κ1) is 16.3. The minimum atomic E-state index is -0.177. The fraction of sp³-hybridized carbons (Fsp3) is 0.333. The van der Waals surface area contributed by atoms with Crippen LogP contribution in [0.15, 0.2) is 54.6 Å². The number of ether oxygens (including phenoxy) is 1. The molecule has 0 radical (unpaired) electrons. The van der Waals surface area contributed by atoms with Gasteiger partial charge in [-0.25, -0.2) is 4.79 Å². The van der Waals surface area contributed by atoms with Crippen LogP contribution in [0.3, 0.4) is 0 Å². The summed E-state index contributed by atoms with van der Waals surface area (Å²) >= 11 is 1.53. The van der Waals surface area contributed by atoms with Gasteiger partial charge in [0.1, 0.15) is 10.8 Å². The van der Waals surface area contributed by atoms with E-state index in [0.717, 1.165) is 35.9 Å². The average molecular weight is 352 g/mol. The van der Waals surface area contributed by atoms with Gasteiger partial charge < -0.3 is 4.74 Å². The Balaban J connectivity index is 1.67. The average Bonchev–Trinajstić information content (AvgIpc) is 3.02. The number of carbonyl (C=O) groups is 1. The van der Waals surface area contributed by atoms with Gasteiger partial charge in [0, 0.05) is 11.6 Å². The van der Waals surface area contributed by atoms with Crippen LogP contribution in [-0.2, 0) is 11.3 Å². The smallest absolute Gasteiger partial charge is 0.415 e. The molecule has 4 rings (SSSR count). The zero-order chi connectivity index (χ0) is 17.1. The Bertz CT molecular complexity index is 866. The Morgan fingerprint density at radius 2 is 1.72 bits per heavy atom. The molecule has 0 atom stereocenters. The number of aromatic nitrogens is 1. The predicted molar refractivity (Wildman–Crippen MR) is 99.9 cm³/mol. The van der Waals surface area contributed by atoms with E-state index in [2.05, 4.69) is 28.8 Å². The SMILES string of the molecule is O=C(OC1CCCCC1)c1sc2ccccc2[n+]1Cc1ccccc1. The minimum Gasteiger partial charge on any atom is -0.454 e. The number of nitrogens with zero attached hydrogens (tertiary/aromatic N) is 1. The van der Waals surface area contributed by atoms with E-state index >= 15 is 0 Å². The minimum absolute atomic E-state index is 0.0802. The van der Waals surface area contributed by atoms with Gasteiger partial charge in [0.05, 0.1) is 0 Å². The molecule has 1 aromatic heterocycles. The molecular weight excluding hydrogens is 330 g/mol. The van der Waals surface area contributed by atoms with E-state index in [4.69, 9.17) is 4.74 Å². The van der Waals surface area contributed by atoms with Crippen molar-refractivity contribution in [1.29, 1.82) is 0 Å². The second-order valence-electron chi connectivity index (χ2n) is 6.61. The Morgan fingerprint density at radius 3 is 2.52 bits per heavy atom. The number of benzene rings is 2. The molecule has 2 aromatic carbocycles. The summed E-state index contributed by atoms with van der Waals surface area (Å²) in [6.45, 7) is 0.681. The Labute approximate surface area is 151 Å². The molecule has 1 heterocycles. The third-order valence-corrected chi connectivity index (χ3v) is 5.94. The van der Waals surface area contributed by atoms with Crippen LogP contribution in [0.2, 0.25) is 0 Å². The molecule has 0 N–H and O–H groups in total. The van der Waals surface area contributed by atoms with Crippen molar-refractivity contribution in [3.05, 3.63) is 65.2 Å². The van der Waals surface area contributed by atoms with E-state index in [1.54, 1.807) is 0 Å².